The van der Waals surface area contributed by atoms with E-state index in [-0.39, 0.29) is 0 Å². The highest BCUT2D eigenvalue weighted by Crippen LogP contribution is 2.22. The zero-order valence-corrected chi connectivity index (χ0v) is 10.7. The first-order valence-corrected chi connectivity index (χ1v) is 6.36. The summed E-state index contributed by atoms with van der Waals surface area (Å²) in [7, 11) is 0. The maximum absolute atomic E-state index is 6.22. The van der Waals surface area contributed by atoms with Crippen molar-refractivity contribution in [2.24, 2.45) is 5.92 Å². The molecule has 2 nitrogen and oxygen atoms in total. The van der Waals surface area contributed by atoms with Gasteiger partial charge in [-0.3, -0.25) is 9.88 Å². The van der Waals surface area contributed by atoms with Gasteiger partial charge in [0, 0.05) is 30.9 Å². The molecule has 1 fully saturated rings. The molecule has 0 N–H and O–H groups in total. The molecule has 1 aliphatic heterocycles. The topological polar surface area (TPSA) is 16.1 Å². The van der Waals surface area contributed by atoms with Crippen LogP contribution in [0.2, 0.25) is 0 Å². The van der Waals surface area contributed by atoms with Crippen molar-refractivity contribution in [2.45, 2.75) is 32.2 Å². The molecule has 0 amide bonds. The van der Waals surface area contributed by atoms with Gasteiger partial charge in [0.1, 0.15) is 0 Å². The number of nitrogens with zero attached hydrogens (tertiary/aromatic N) is 2. The summed E-state index contributed by atoms with van der Waals surface area (Å²) >= 11 is 6.22. The number of hydrogen-bond donors (Lipinski definition) is 0. The summed E-state index contributed by atoms with van der Waals surface area (Å²) in [5.41, 5.74) is 2.54. The number of hydrogen-bond acceptors (Lipinski definition) is 2. The van der Waals surface area contributed by atoms with Crippen molar-refractivity contribution in [3.63, 3.8) is 0 Å². The second-order valence-electron chi connectivity index (χ2n) is 4.89. The smallest absolute Gasteiger partial charge is 0.0386 e. The number of pyridine rings is 1. The summed E-state index contributed by atoms with van der Waals surface area (Å²) in [6.07, 6.45) is 4.96. The Bertz CT molecular complexity index is 354. The fourth-order valence-electron chi connectivity index (χ4n) is 2.31. The van der Waals surface area contributed by atoms with Crippen LogP contribution in [0, 0.1) is 12.8 Å². The van der Waals surface area contributed by atoms with Crippen LogP contribution in [-0.4, -0.2) is 28.4 Å². The van der Waals surface area contributed by atoms with Crippen LogP contribution < -0.4 is 0 Å². The van der Waals surface area contributed by atoms with Crippen molar-refractivity contribution in [3.8, 4) is 0 Å². The third-order valence-electron chi connectivity index (χ3n) is 3.22. The monoisotopic (exact) mass is 238 g/mol. The SMILES string of the molecule is Cc1cncc(CN2CCC(Cl)C(C)C2)c1. The molecule has 0 bridgehead atoms. The second-order valence-corrected chi connectivity index (χ2v) is 5.45. The van der Waals surface area contributed by atoms with Gasteiger partial charge < -0.3 is 0 Å². The average Bonchev–Trinajstić information content (AvgIpc) is 2.24. The maximum atomic E-state index is 6.22. The standard InChI is InChI=1S/C13H19ClN2/c1-10-5-12(7-15-6-10)9-16-4-3-13(14)11(2)8-16/h5-7,11,13H,3-4,8-9H2,1-2H3. The minimum atomic E-state index is 0.354. The van der Waals surface area contributed by atoms with Crippen molar-refractivity contribution >= 4 is 11.6 Å². The van der Waals surface area contributed by atoms with Gasteiger partial charge in [0.05, 0.1) is 0 Å². The number of aromatic nitrogens is 1. The quantitative estimate of drug-likeness (QED) is 0.737. The average molecular weight is 239 g/mol. The molecule has 1 aromatic heterocycles. The van der Waals surface area contributed by atoms with Crippen LogP contribution in [0.3, 0.4) is 0 Å². The second kappa shape index (κ2) is 5.15. The molecule has 3 heteroatoms. The largest absolute Gasteiger partial charge is 0.299 e. The molecule has 2 heterocycles. The van der Waals surface area contributed by atoms with Gasteiger partial charge in [0.2, 0.25) is 0 Å². The summed E-state index contributed by atoms with van der Waals surface area (Å²) in [5, 5.41) is 0.354. The van der Waals surface area contributed by atoms with Gasteiger partial charge in [-0.1, -0.05) is 13.0 Å². The van der Waals surface area contributed by atoms with Crippen molar-refractivity contribution in [1.82, 2.24) is 9.88 Å². The summed E-state index contributed by atoms with van der Waals surface area (Å²) in [6.45, 7) is 7.53. The molecule has 1 aromatic rings. The number of halogens is 1. The lowest BCUT2D eigenvalue weighted by atomic mass is 9.99. The van der Waals surface area contributed by atoms with E-state index in [1.165, 1.54) is 11.1 Å². The molecule has 1 aliphatic rings. The molecule has 2 unspecified atom stereocenters. The van der Waals surface area contributed by atoms with Gasteiger partial charge in [0.25, 0.3) is 0 Å². The normalized spacial score (nSPS) is 26.9. The Balaban J connectivity index is 1.95. The number of alkyl halides is 1. The van der Waals surface area contributed by atoms with E-state index in [0.717, 1.165) is 26.1 Å². The molecule has 0 aromatic carbocycles. The summed E-state index contributed by atoms with van der Waals surface area (Å²) in [6, 6.07) is 2.21. The van der Waals surface area contributed by atoms with Crippen molar-refractivity contribution in [2.75, 3.05) is 13.1 Å². The molecular weight excluding hydrogens is 220 g/mol. The predicted molar refractivity (Wildman–Crippen MR) is 67.7 cm³/mol. The van der Waals surface area contributed by atoms with Gasteiger partial charge in [0.15, 0.2) is 0 Å². The van der Waals surface area contributed by atoms with E-state index in [9.17, 15) is 0 Å². The zero-order valence-electron chi connectivity index (χ0n) is 9.99. The van der Waals surface area contributed by atoms with Crippen LogP contribution in [0.25, 0.3) is 0 Å². The van der Waals surface area contributed by atoms with Gasteiger partial charge in [-0.15, -0.1) is 11.6 Å². The van der Waals surface area contributed by atoms with E-state index >= 15 is 0 Å². The van der Waals surface area contributed by atoms with Gasteiger partial charge >= 0.3 is 0 Å². The van der Waals surface area contributed by atoms with Crippen LogP contribution in [0.1, 0.15) is 24.5 Å². The minimum absolute atomic E-state index is 0.354. The number of rotatable bonds is 2. The highest BCUT2D eigenvalue weighted by atomic mass is 35.5. The Morgan fingerprint density at radius 3 is 3.00 bits per heavy atom. The van der Waals surface area contributed by atoms with Gasteiger partial charge in [-0.25, -0.2) is 0 Å². The van der Waals surface area contributed by atoms with Crippen LogP contribution >= 0.6 is 11.6 Å². The van der Waals surface area contributed by atoms with Crippen molar-refractivity contribution in [3.05, 3.63) is 29.6 Å². The van der Waals surface area contributed by atoms with Gasteiger partial charge in [-0.05, 0) is 36.9 Å². The number of aryl methyl sites for hydroxylation is 1. The highest BCUT2D eigenvalue weighted by molar-refractivity contribution is 6.20. The number of piperidine rings is 1. The summed E-state index contributed by atoms with van der Waals surface area (Å²) in [4.78, 5) is 6.70. The molecule has 16 heavy (non-hydrogen) atoms. The number of likely N-dealkylation sites (tertiary alicyclic amines) is 1. The highest BCUT2D eigenvalue weighted by Gasteiger charge is 2.23. The molecule has 2 rings (SSSR count). The van der Waals surface area contributed by atoms with Crippen molar-refractivity contribution < 1.29 is 0 Å². The molecule has 1 saturated heterocycles. The fraction of sp³-hybridized carbons (Fsp3) is 0.615. The van der Waals surface area contributed by atoms with E-state index in [0.29, 0.717) is 11.3 Å². The Morgan fingerprint density at radius 1 is 1.50 bits per heavy atom. The third-order valence-corrected chi connectivity index (χ3v) is 3.87. The lowest BCUT2D eigenvalue weighted by molar-refractivity contribution is 0.180. The Hall–Kier alpha value is -0.600. The lowest BCUT2D eigenvalue weighted by Gasteiger charge is -2.34. The van der Waals surface area contributed by atoms with Crippen molar-refractivity contribution in [1.29, 1.82) is 0 Å². The zero-order chi connectivity index (χ0) is 11.5. The van der Waals surface area contributed by atoms with Crippen LogP contribution in [0.15, 0.2) is 18.5 Å². The Labute approximate surface area is 103 Å². The molecule has 2 atom stereocenters. The lowest BCUT2D eigenvalue weighted by Crippen LogP contribution is -2.39. The predicted octanol–water partition coefficient (Wildman–Crippen LogP) is 2.84. The van der Waals surface area contributed by atoms with E-state index in [4.69, 9.17) is 11.6 Å². The molecule has 0 saturated carbocycles. The first kappa shape index (κ1) is 11.9. The molecular formula is C13H19ClN2. The summed E-state index contributed by atoms with van der Waals surface area (Å²) < 4.78 is 0. The first-order valence-electron chi connectivity index (χ1n) is 5.92. The van der Waals surface area contributed by atoms with E-state index in [1.807, 2.05) is 12.4 Å². The van der Waals surface area contributed by atoms with Crippen LogP contribution in [-0.2, 0) is 6.54 Å². The molecule has 0 spiro atoms. The third kappa shape index (κ3) is 2.96. The molecule has 0 radical (unpaired) electrons. The van der Waals surface area contributed by atoms with E-state index in [1.54, 1.807) is 0 Å². The maximum Gasteiger partial charge on any atom is 0.0386 e. The van der Waals surface area contributed by atoms with E-state index in [2.05, 4.69) is 29.8 Å². The summed E-state index contributed by atoms with van der Waals surface area (Å²) in [5.74, 6) is 0.591. The van der Waals surface area contributed by atoms with Gasteiger partial charge in [-0.2, -0.15) is 0 Å². The molecule has 0 aliphatic carbocycles. The first-order chi connectivity index (χ1) is 7.65. The fourth-order valence-corrected chi connectivity index (χ4v) is 2.49. The van der Waals surface area contributed by atoms with Crippen LogP contribution in [0.4, 0.5) is 0 Å². The van der Waals surface area contributed by atoms with E-state index < -0.39 is 0 Å². The van der Waals surface area contributed by atoms with Crippen LogP contribution in [0.5, 0.6) is 0 Å². The Morgan fingerprint density at radius 2 is 2.31 bits per heavy atom. The Kier molecular flexibility index (Phi) is 3.82. The minimum Gasteiger partial charge on any atom is -0.299 e. The molecule has 88 valence electrons.